The molecule has 0 spiro atoms. The zero-order chi connectivity index (χ0) is 15.3. The number of nitrogens with one attached hydrogen (secondary N) is 2. The predicted molar refractivity (Wildman–Crippen MR) is 82.2 cm³/mol. The minimum Gasteiger partial charge on any atom is -0.479 e. The summed E-state index contributed by atoms with van der Waals surface area (Å²) in [7, 11) is 1.58. The molecule has 0 aliphatic carbocycles. The Kier molecular flexibility index (Phi) is 5.84. The fourth-order valence-electron chi connectivity index (χ4n) is 1.62. The largest absolute Gasteiger partial charge is 0.479 e. The van der Waals surface area contributed by atoms with Gasteiger partial charge in [-0.05, 0) is 33.8 Å². The van der Waals surface area contributed by atoms with Crippen LogP contribution in [-0.4, -0.2) is 24.6 Å². The first-order valence-electron chi connectivity index (χ1n) is 6.65. The number of carbonyl (C=O) groups is 1. The molecule has 0 heterocycles. The molecule has 1 rings (SSSR count). The lowest BCUT2D eigenvalue weighted by atomic mass is 10.1. The van der Waals surface area contributed by atoms with Crippen LogP contribution in [0.3, 0.4) is 0 Å². The third-order valence-electron chi connectivity index (χ3n) is 2.77. The second kappa shape index (κ2) is 6.95. The summed E-state index contributed by atoms with van der Waals surface area (Å²) < 4.78 is 5.71. The van der Waals surface area contributed by atoms with Crippen LogP contribution < -0.4 is 15.4 Å². The van der Waals surface area contributed by atoms with Crippen LogP contribution in [0.15, 0.2) is 18.2 Å². The Bertz CT molecular complexity index is 469. The van der Waals surface area contributed by atoms with Crippen LogP contribution in [0.2, 0.25) is 5.02 Å². The summed E-state index contributed by atoms with van der Waals surface area (Å²) in [6.45, 7) is 8.59. The second-order valence-electron chi connectivity index (χ2n) is 5.71. The number of hydrogen-bond acceptors (Lipinski definition) is 3. The number of amides is 1. The maximum Gasteiger partial charge on any atom is 0.260 e. The zero-order valence-corrected chi connectivity index (χ0v) is 13.5. The van der Waals surface area contributed by atoms with Gasteiger partial charge in [0.05, 0.1) is 5.02 Å². The van der Waals surface area contributed by atoms with Gasteiger partial charge in [0.1, 0.15) is 5.75 Å². The summed E-state index contributed by atoms with van der Waals surface area (Å²) >= 11 is 6.19. The summed E-state index contributed by atoms with van der Waals surface area (Å²) in [5.41, 5.74) is 0.926. The number of carbonyl (C=O) groups excluding carboxylic acids is 1. The molecule has 0 aromatic heterocycles. The van der Waals surface area contributed by atoms with Gasteiger partial charge in [-0.15, -0.1) is 0 Å². The number of hydrogen-bond donors (Lipinski definition) is 2. The Balaban J connectivity index is 2.91. The van der Waals surface area contributed by atoms with Crippen molar-refractivity contribution in [1.29, 1.82) is 0 Å². The average molecular weight is 299 g/mol. The van der Waals surface area contributed by atoms with Gasteiger partial charge in [-0.2, -0.15) is 0 Å². The van der Waals surface area contributed by atoms with Crippen molar-refractivity contribution >= 4 is 17.5 Å². The van der Waals surface area contributed by atoms with Crippen molar-refractivity contribution in [3.63, 3.8) is 0 Å². The summed E-state index contributed by atoms with van der Waals surface area (Å²) in [6, 6.07) is 5.57. The maximum atomic E-state index is 11.6. The Hall–Kier alpha value is -1.26. The van der Waals surface area contributed by atoms with E-state index in [0.29, 0.717) is 17.3 Å². The third-order valence-corrected chi connectivity index (χ3v) is 3.07. The van der Waals surface area contributed by atoms with Gasteiger partial charge in [0.2, 0.25) is 0 Å². The molecule has 20 heavy (non-hydrogen) atoms. The summed E-state index contributed by atoms with van der Waals surface area (Å²) in [5.74, 6) is 0.377. The van der Waals surface area contributed by atoms with E-state index in [-0.39, 0.29) is 11.4 Å². The van der Waals surface area contributed by atoms with Crippen LogP contribution in [-0.2, 0) is 11.3 Å². The third kappa shape index (κ3) is 5.02. The van der Waals surface area contributed by atoms with E-state index >= 15 is 0 Å². The maximum absolute atomic E-state index is 11.6. The van der Waals surface area contributed by atoms with Crippen LogP contribution in [0, 0.1) is 0 Å². The fraction of sp³-hybridized carbons (Fsp3) is 0.533. The molecule has 1 unspecified atom stereocenters. The van der Waals surface area contributed by atoms with Gasteiger partial charge in [-0.25, -0.2) is 0 Å². The minimum absolute atomic E-state index is 0.00794. The van der Waals surface area contributed by atoms with E-state index in [9.17, 15) is 4.79 Å². The Labute approximate surface area is 125 Å². The highest BCUT2D eigenvalue weighted by Gasteiger charge is 2.18. The monoisotopic (exact) mass is 298 g/mol. The lowest BCUT2D eigenvalue weighted by Crippen LogP contribution is -2.36. The van der Waals surface area contributed by atoms with Crippen LogP contribution >= 0.6 is 11.6 Å². The first-order valence-corrected chi connectivity index (χ1v) is 7.03. The molecule has 1 aromatic rings. The number of halogens is 1. The van der Waals surface area contributed by atoms with Gasteiger partial charge in [-0.3, -0.25) is 4.79 Å². The standard InChI is InChI=1S/C15H23ClN2O2/c1-10(14(19)17-5)20-13-11(7-6-8-12(13)16)9-18-15(2,3)4/h6-8,10,18H,9H2,1-5H3,(H,17,19). The molecular weight excluding hydrogens is 276 g/mol. The normalized spacial score (nSPS) is 12.9. The number of ether oxygens (including phenoxy) is 1. The van der Waals surface area contributed by atoms with Crippen molar-refractivity contribution in [3.8, 4) is 5.75 Å². The van der Waals surface area contributed by atoms with Gasteiger partial charge in [-0.1, -0.05) is 23.7 Å². The zero-order valence-electron chi connectivity index (χ0n) is 12.7. The second-order valence-corrected chi connectivity index (χ2v) is 6.11. The smallest absolute Gasteiger partial charge is 0.260 e. The topological polar surface area (TPSA) is 50.4 Å². The van der Waals surface area contributed by atoms with E-state index in [0.717, 1.165) is 5.56 Å². The minimum atomic E-state index is -0.590. The van der Waals surface area contributed by atoms with E-state index < -0.39 is 6.10 Å². The van der Waals surface area contributed by atoms with Gasteiger partial charge >= 0.3 is 0 Å². The number of benzene rings is 1. The van der Waals surface area contributed by atoms with Crippen molar-refractivity contribution in [2.24, 2.45) is 0 Å². The van der Waals surface area contributed by atoms with Crippen molar-refractivity contribution < 1.29 is 9.53 Å². The molecule has 1 atom stereocenters. The van der Waals surface area contributed by atoms with Gasteiger partial charge in [0.15, 0.2) is 6.10 Å². The molecule has 0 aliphatic heterocycles. The van der Waals surface area contributed by atoms with E-state index in [1.807, 2.05) is 12.1 Å². The molecule has 4 nitrogen and oxygen atoms in total. The van der Waals surface area contributed by atoms with E-state index in [2.05, 4.69) is 31.4 Å². The summed E-state index contributed by atoms with van der Waals surface area (Å²) in [6.07, 6.45) is -0.590. The van der Waals surface area contributed by atoms with Crippen molar-refractivity contribution in [3.05, 3.63) is 28.8 Å². The molecule has 1 aromatic carbocycles. The number of rotatable bonds is 5. The molecule has 0 fully saturated rings. The molecule has 112 valence electrons. The van der Waals surface area contributed by atoms with Gasteiger partial charge in [0, 0.05) is 24.7 Å². The molecule has 1 amide bonds. The van der Waals surface area contributed by atoms with Crippen LogP contribution in [0.5, 0.6) is 5.75 Å². The van der Waals surface area contributed by atoms with E-state index in [1.54, 1.807) is 20.0 Å². The molecule has 0 aliphatic rings. The van der Waals surface area contributed by atoms with Crippen molar-refractivity contribution in [2.75, 3.05) is 7.05 Å². The summed E-state index contributed by atoms with van der Waals surface area (Å²) in [5, 5.41) is 6.45. The molecule has 0 radical (unpaired) electrons. The molecule has 0 saturated heterocycles. The van der Waals surface area contributed by atoms with E-state index in [1.165, 1.54) is 0 Å². The molecule has 5 heteroatoms. The van der Waals surface area contributed by atoms with Gasteiger partial charge in [0.25, 0.3) is 5.91 Å². The highest BCUT2D eigenvalue weighted by atomic mass is 35.5. The lowest BCUT2D eigenvalue weighted by molar-refractivity contribution is -0.126. The molecule has 0 saturated carbocycles. The van der Waals surface area contributed by atoms with Crippen LogP contribution in [0.1, 0.15) is 33.3 Å². The number of likely N-dealkylation sites (N-methyl/N-ethyl adjacent to an activating group) is 1. The molecule has 0 bridgehead atoms. The van der Waals surface area contributed by atoms with Crippen LogP contribution in [0.25, 0.3) is 0 Å². The molecule has 2 N–H and O–H groups in total. The lowest BCUT2D eigenvalue weighted by Gasteiger charge is -2.23. The Morgan fingerprint density at radius 3 is 2.60 bits per heavy atom. The highest BCUT2D eigenvalue weighted by molar-refractivity contribution is 6.32. The number of para-hydroxylation sites is 1. The van der Waals surface area contributed by atoms with Crippen molar-refractivity contribution in [1.82, 2.24) is 10.6 Å². The Morgan fingerprint density at radius 1 is 1.40 bits per heavy atom. The summed E-state index contributed by atoms with van der Waals surface area (Å²) in [4.78, 5) is 11.6. The van der Waals surface area contributed by atoms with E-state index in [4.69, 9.17) is 16.3 Å². The first-order chi connectivity index (χ1) is 9.24. The fourth-order valence-corrected chi connectivity index (χ4v) is 1.86. The quantitative estimate of drug-likeness (QED) is 0.879. The van der Waals surface area contributed by atoms with Crippen LogP contribution in [0.4, 0.5) is 0 Å². The molecular formula is C15H23ClN2O2. The van der Waals surface area contributed by atoms with Gasteiger partial charge < -0.3 is 15.4 Å². The first kappa shape index (κ1) is 16.8. The highest BCUT2D eigenvalue weighted by Crippen LogP contribution is 2.30. The average Bonchev–Trinajstić information content (AvgIpc) is 2.37. The SMILES string of the molecule is CNC(=O)C(C)Oc1c(Cl)cccc1CNC(C)(C)C. The Morgan fingerprint density at radius 2 is 2.05 bits per heavy atom. The predicted octanol–water partition coefficient (Wildman–Crippen LogP) is 2.74. The van der Waals surface area contributed by atoms with Crippen molar-refractivity contribution in [2.45, 2.75) is 45.9 Å².